The molecule has 12 nitrogen and oxygen atoms in total. The number of carbonyl (C=O) groups is 1. The van der Waals surface area contributed by atoms with Gasteiger partial charge in [-0.1, -0.05) is 66.2 Å². The zero-order valence-corrected chi connectivity index (χ0v) is 29.6. The van der Waals surface area contributed by atoms with Crippen LogP contribution in [0.3, 0.4) is 0 Å². The molecule has 0 saturated carbocycles. The smallest absolute Gasteiger partial charge is 0.450 e. The molecule has 3 aromatic carbocycles. The molecule has 7 rings (SSSR count). The number of halogens is 5. The standard InChI is InChI=1S/C37H33ClF4N8O4/c1-47-18-24(39)17-26(47)21-53-35-45-31-30(44-34(37(40,41)42)50(33(31)51)28-12-6-10-23-9-5-11-27(38)29(23)28)32(46-35)48-15-16-49(25(19-48)13-14-43)36(52)54-20-22-7-3-2-4-8-22/h2-12,24-26H,13,15-21H2,1H3/t24-,25+,26+/m1/s1. The van der Waals surface area contributed by atoms with Crippen molar-refractivity contribution in [3.8, 4) is 17.8 Å². The molecule has 0 radical (unpaired) electrons. The van der Waals surface area contributed by atoms with Gasteiger partial charge in [-0.15, -0.1) is 0 Å². The first-order valence-electron chi connectivity index (χ1n) is 17.1. The van der Waals surface area contributed by atoms with E-state index in [0.29, 0.717) is 9.95 Å². The summed E-state index contributed by atoms with van der Waals surface area (Å²) in [6, 6.07) is 18.9. The number of hydrogen-bond acceptors (Lipinski definition) is 10. The van der Waals surface area contributed by atoms with E-state index in [1.807, 2.05) is 6.07 Å². The quantitative estimate of drug-likeness (QED) is 0.169. The molecule has 2 saturated heterocycles. The summed E-state index contributed by atoms with van der Waals surface area (Å²) in [6.07, 6.45) is -6.84. The van der Waals surface area contributed by atoms with Crippen molar-refractivity contribution in [1.82, 2.24) is 29.3 Å². The van der Waals surface area contributed by atoms with Crippen LogP contribution in [0.2, 0.25) is 5.02 Å². The number of likely N-dealkylation sites (N-methyl/N-ethyl adjacent to an activating group) is 1. The summed E-state index contributed by atoms with van der Waals surface area (Å²) in [4.78, 5) is 45.1. The van der Waals surface area contributed by atoms with Crippen LogP contribution in [0, 0.1) is 11.3 Å². The Kier molecular flexibility index (Phi) is 10.3. The highest BCUT2D eigenvalue weighted by Gasteiger charge is 2.40. The lowest BCUT2D eigenvalue weighted by atomic mass is 10.1. The number of alkyl halides is 4. The number of nitrogens with zero attached hydrogens (tertiary/aromatic N) is 8. The fraction of sp³-hybridized carbons (Fsp3) is 0.351. The molecule has 5 aromatic rings. The van der Waals surface area contributed by atoms with Gasteiger partial charge in [0.2, 0.25) is 5.82 Å². The van der Waals surface area contributed by atoms with Gasteiger partial charge in [-0.05, 0) is 36.6 Å². The van der Waals surface area contributed by atoms with E-state index in [4.69, 9.17) is 21.1 Å². The second-order valence-electron chi connectivity index (χ2n) is 13.1. The van der Waals surface area contributed by atoms with E-state index in [1.54, 1.807) is 59.3 Å². The van der Waals surface area contributed by atoms with Crippen molar-refractivity contribution < 1.29 is 31.8 Å². The minimum absolute atomic E-state index is 0.00408. The second-order valence-corrected chi connectivity index (χ2v) is 13.6. The van der Waals surface area contributed by atoms with Gasteiger partial charge in [0.1, 0.15) is 24.9 Å². The average Bonchev–Trinajstić information content (AvgIpc) is 3.48. The number of nitriles is 1. The number of hydrogen-bond donors (Lipinski definition) is 0. The molecule has 1 amide bonds. The first-order chi connectivity index (χ1) is 25.9. The van der Waals surface area contributed by atoms with E-state index in [-0.39, 0.29) is 86.2 Å². The number of amides is 1. The van der Waals surface area contributed by atoms with Crippen molar-refractivity contribution in [2.75, 3.05) is 44.7 Å². The Bertz CT molecular complexity index is 2300. The van der Waals surface area contributed by atoms with Crippen molar-refractivity contribution in [3.63, 3.8) is 0 Å². The summed E-state index contributed by atoms with van der Waals surface area (Å²) in [5, 5.41) is 10.5. The van der Waals surface area contributed by atoms with Crippen molar-refractivity contribution >= 4 is 45.3 Å². The number of anilines is 1. The zero-order chi connectivity index (χ0) is 38.1. The zero-order valence-electron chi connectivity index (χ0n) is 28.8. The van der Waals surface area contributed by atoms with Crippen LogP contribution in [0.25, 0.3) is 27.5 Å². The maximum atomic E-state index is 15.0. The third kappa shape index (κ3) is 7.33. The lowest BCUT2D eigenvalue weighted by Gasteiger charge is -2.40. The fourth-order valence-electron chi connectivity index (χ4n) is 6.94. The second kappa shape index (κ2) is 15.1. The number of ether oxygens (including phenoxy) is 2. The molecule has 54 heavy (non-hydrogen) atoms. The van der Waals surface area contributed by atoms with Gasteiger partial charge in [0.25, 0.3) is 5.56 Å². The molecule has 0 spiro atoms. The normalized spacial score (nSPS) is 19.3. The molecule has 3 atom stereocenters. The first-order valence-corrected chi connectivity index (χ1v) is 17.5. The highest BCUT2D eigenvalue weighted by Crippen LogP contribution is 2.36. The topological polar surface area (TPSA) is 130 Å². The first kappa shape index (κ1) is 36.8. The average molecular weight is 765 g/mol. The molecular weight excluding hydrogens is 732 g/mol. The van der Waals surface area contributed by atoms with Gasteiger partial charge >= 0.3 is 18.3 Å². The molecule has 2 aliphatic heterocycles. The number of aromatic nitrogens is 4. The van der Waals surface area contributed by atoms with Crippen LogP contribution < -0.4 is 15.2 Å². The monoisotopic (exact) mass is 764 g/mol. The van der Waals surface area contributed by atoms with E-state index in [9.17, 15) is 32.4 Å². The summed E-state index contributed by atoms with van der Waals surface area (Å²) in [7, 11) is 1.73. The van der Waals surface area contributed by atoms with Gasteiger partial charge in [-0.25, -0.2) is 14.2 Å². The Labute approximate surface area is 311 Å². The van der Waals surface area contributed by atoms with Crippen LogP contribution in [0.1, 0.15) is 24.2 Å². The van der Waals surface area contributed by atoms with Crippen LogP contribution in [-0.2, 0) is 17.5 Å². The lowest BCUT2D eigenvalue weighted by Crippen LogP contribution is -2.55. The van der Waals surface area contributed by atoms with Crippen molar-refractivity contribution in [2.24, 2.45) is 0 Å². The minimum Gasteiger partial charge on any atom is -0.462 e. The molecule has 280 valence electrons. The maximum Gasteiger partial charge on any atom is 0.450 e. The molecule has 17 heteroatoms. The van der Waals surface area contributed by atoms with E-state index in [0.717, 1.165) is 5.56 Å². The Morgan fingerprint density at radius 3 is 2.44 bits per heavy atom. The Hall–Kier alpha value is -5.53. The van der Waals surface area contributed by atoms with E-state index in [1.165, 1.54) is 23.1 Å². The van der Waals surface area contributed by atoms with Gasteiger partial charge in [0.05, 0.1) is 29.2 Å². The summed E-state index contributed by atoms with van der Waals surface area (Å²) < 4.78 is 71.0. The number of fused-ring (bicyclic) bond motifs is 2. The lowest BCUT2D eigenvalue weighted by molar-refractivity contribution is -0.146. The van der Waals surface area contributed by atoms with Gasteiger partial charge in [0, 0.05) is 37.6 Å². The highest BCUT2D eigenvalue weighted by atomic mass is 35.5. The van der Waals surface area contributed by atoms with Crippen LogP contribution in [0.4, 0.5) is 28.2 Å². The van der Waals surface area contributed by atoms with Crippen LogP contribution in [0.15, 0.2) is 71.5 Å². The van der Waals surface area contributed by atoms with Gasteiger partial charge in [-0.2, -0.15) is 28.4 Å². The predicted molar refractivity (Wildman–Crippen MR) is 191 cm³/mol. The van der Waals surface area contributed by atoms with Crippen molar-refractivity contribution in [1.29, 1.82) is 5.26 Å². The Morgan fingerprint density at radius 2 is 1.74 bits per heavy atom. The molecule has 2 aliphatic rings. The fourth-order valence-corrected chi connectivity index (χ4v) is 7.22. The molecular formula is C37H33ClF4N8O4. The predicted octanol–water partition coefficient (Wildman–Crippen LogP) is 6.16. The summed E-state index contributed by atoms with van der Waals surface area (Å²) in [5.41, 5.74) is -1.50. The SMILES string of the molecule is CN1C[C@H](F)C[C@H]1COc1nc(N2CCN(C(=O)OCc3ccccc3)[C@@H](CC#N)C2)c2nc(C(F)(F)F)n(-c3cccc4cccc(Cl)c34)c(=O)c2n1. The van der Waals surface area contributed by atoms with Crippen LogP contribution in [0.5, 0.6) is 6.01 Å². The van der Waals surface area contributed by atoms with Crippen LogP contribution in [-0.4, -0.2) is 93.5 Å². The number of carbonyl (C=O) groups excluding carboxylic acids is 1. The van der Waals surface area contributed by atoms with Crippen molar-refractivity contribution in [2.45, 2.75) is 43.9 Å². The van der Waals surface area contributed by atoms with Gasteiger partial charge in [-0.3, -0.25) is 14.3 Å². The number of likely N-dealkylation sites (tertiary alicyclic amines) is 1. The molecule has 4 heterocycles. The third-order valence-electron chi connectivity index (χ3n) is 9.60. The minimum atomic E-state index is -5.14. The van der Waals surface area contributed by atoms with Crippen LogP contribution >= 0.6 is 11.6 Å². The highest BCUT2D eigenvalue weighted by molar-refractivity contribution is 6.36. The molecule has 0 N–H and O–H groups in total. The van der Waals surface area contributed by atoms with Gasteiger partial charge < -0.3 is 19.3 Å². The number of rotatable bonds is 8. The number of benzene rings is 3. The van der Waals surface area contributed by atoms with E-state index in [2.05, 4.69) is 21.0 Å². The largest absolute Gasteiger partial charge is 0.462 e. The van der Waals surface area contributed by atoms with E-state index < -0.39 is 46.9 Å². The third-order valence-corrected chi connectivity index (χ3v) is 9.91. The molecule has 0 unspecified atom stereocenters. The van der Waals surface area contributed by atoms with E-state index >= 15 is 0 Å². The molecule has 2 aromatic heterocycles. The van der Waals surface area contributed by atoms with Gasteiger partial charge in [0.15, 0.2) is 11.3 Å². The Balaban J connectivity index is 1.33. The molecule has 0 aliphatic carbocycles. The van der Waals surface area contributed by atoms with Crippen molar-refractivity contribution in [3.05, 3.63) is 93.5 Å². The maximum absolute atomic E-state index is 15.0. The molecule has 0 bridgehead atoms. The molecule has 2 fully saturated rings. The summed E-state index contributed by atoms with van der Waals surface area (Å²) in [6.45, 7) is 0.0747. The number of piperazine rings is 1. The summed E-state index contributed by atoms with van der Waals surface area (Å²) >= 11 is 6.49. The summed E-state index contributed by atoms with van der Waals surface area (Å²) in [5.74, 6) is -1.70. The Morgan fingerprint density at radius 1 is 0.981 bits per heavy atom.